The predicted molar refractivity (Wildman–Crippen MR) is 123 cm³/mol. The molecule has 1 aromatic carbocycles. The Morgan fingerprint density at radius 3 is 2.56 bits per heavy atom. The number of benzene rings is 1. The van der Waals surface area contributed by atoms with Gasteiger partial charge >= 0.3 is 5.97 Å². The summed E-state index contributed by atoms with van der Waals surface area (Å²) in [5.74, 6) is 1.13. The molecule has 1 aliphatic carbocycles. The van der Waals surface area contributed by atoms with Crippen LogP contribution in [-0.4, -0.2) is 35.2 Å². The maximum absolute atomic E-state index is 12.2. The molecule has 0 saturated heterocycles. The Morgan fingerprint density at radius 2 is 1.88 bits per heavy atom. The van der Waals surface area contributed by atoms with Crippen LogP contribution in [0.15, 0.2) is 48.8 Å². The Labute approximate surface area is 189 Å². The molecule has 1 fully saturated rings. The van der Waals surface area contributed by atoms with Gasteiger partial charge in [0, 0.05) is 31.0 Å². The minimum absolute atomic E-state index is 0.0466. The number of carbonyl (C=O) groups is 1. The molecule has 2 heterocycles. The minimum Gasteiger partial charge on any atom is -0.490 e. The van der Waals surface area contributed by atoms with Gasteiger partial charge in [0.25, 0.3) is 0 Å². The van der Waals surface area contributed by atoms with E-state index in [1.54, 1.807) is 6.20 Å². The van der Waals surface area contributed by atoms with Crippen LogP contribution in [0, 0.1) is 5.92 Å². The minimum atomic E-state index is -0.409. The third-order valence-electron chi connectivity index (χ3n) is 6.07. The summed E-state index contributed by atoms with van der Waals surface area (Å²) in [4.78, 5) is 17.1. The first-order chi connectivity index (χ1) is 15.5. The van der Waals surface area contributed by atoms with Crippen LogP contribution in [-0.2, 0) is 16.1 Å². The van der Waals surface area contributed by atoms with Gasteiger partial charge in [-0.3, -0.25) is 0 Å². The van der Waals surface area contributed by atoms with Crippen molar-refractivity contribution >= 4 is 11.6 Å². The van der Waals surface area contributed by atoms with Gasteiger partial charge in [-0.15, -0.1) is 0 Å². The van der Waals surface area contributed by atoms with E-state index in [0.29, 0.717) is 29.8 Å². The van der Waals surface area contributed by atoms with E-state index >= 15 is 0 Å². The van der Waals surface area contributed by atoms with Crippen LogP contribution in [0.25, 0.3) is 5.65 Å². The zero-order chi connectivity index (χ0) is 22.5. The SMILES string of the molecule is COC(=O)c1cn2cc([C@H]3CC[C@H](COCc4ccccc4)CC3)nc2cc1OC(C)C. The zero-order valence-corrected chi connectivity index (χ0v) is 19.1. The van der Waals surface area contributed by atoms with Crippen LogP contribution < -0.4 is 4.74 Å². The molecule has 170 valence electrons. The number of hydrogen-bond acceptors (Lipinski definition) is 5. The number of pyridine rings is 1. The average Bonchev–Trinajstić information content (AvgIpc) is 3.22. The lowest BCUT2D eigenvalue weighted by atomic mass is 9.81. The van der Waals surface area contributed by atoms with E-state index in [0.717, 1.165) is 43.6 Å². The van der Waals surface area contributed by atoms with Gasteiger partial charge in [-0.1, -0.05) is 30.3 Å². The lowest BCUT2D eigenvalue weighted by Gasteiger charge is -2.27. The lowest BCUT2D eigenvalue weighted by molar-refractivity contribution is 0.0593. The van der Waals surface area contributed by atoms with Crippen molar-refractivity contribution in [2.45, 2.75) is 58.2 Å². The molecule has 0 bridgehead atoms. The molecule has 3 aromatic rings. The largest absolute Gasteiger partial charge is 0.490 e. The fourth-order valence-electron chi connectivity index (χ4n) is 4.39. The van der Waals surface area contributed by atoms with Gasteiger partial charge in [0.1, 0.15) is 17.0 Å². The Kier molecular flexibility index (Phi) is 7.10. The van der Waals surface area contributed by atoms with Gasteiger partial charge in [-0.05, 0) is 51.0 Å². The number of esters is 1. The second-order valence-corrected chi connectivity index (χ2v) is 8.86. The summed E-state index contributed by atoms with van der Waals surface area (Å²) in [5.41, 5.74) is 3.50. The standard InChI is InChI=1S/C26H32N2O4/c1-18(2)32-24-13-25-27-23(15-28(25)14-22(24)26(29)30-3)21-11-9-20(10-12-21)17-31-16-19-7-5-4-6-8-19/h4-8,13-15,18,20-21H,9-12,16-17H2,1-3H3/t20-,21-. The van der Waals surface area contributed by atoms with Crippen LogP contribution in [0.3, 0.4) is 0 Å². The maximum Gasteiger partial charge on any atom is 0.343 e. The molecule has 1 saturated carbocycles. The molecule has 6 heteroatoms. The van der Waals surface area contributed by atoms with Crippen LogP contribution >= 0.6 is 0 Å². The number of methoxy groups -OCH3 is 1. The van der Waals surface area contributed by atoms with Gasteiger partial charge in [0.05, 0.1) is 25.5 Å². The van der Waals surface area contributed by atoms with Crippen molar-refractivity contribution in [3.63, 3.8) is 0 Å². The van der Waals surface area contributed by atoms with Crippen molar-refractivity contribution in [3.05, 3.63) is 65.6 Å². The molecule has 0 radical (unpaired) electrons. The number of fused-ring (bicyclic) bond motifs is 1. The summed E-state index contributed by atoms with van der Waals surface area (Å²) in [6.07, 6.45) is 8.24. The molecule has 1 aliphatic rings. The monoisotopic (exact) mass is 436 g/mol. The maximum atomic E-state index is 12.2. The van der Waals surface area contributed by atoms with Crippen molar-refractivity contribution in [3.8, 4) is 5.75 Å². The van der Waals surface area contributed by atoms with E-state index in [4.69, 9.17) is 19.2 Å². The Morgan fingerprint density at radius 1 is 1.12 bits per heavy atom. The van der Waals surface area contributed by atoms with E-state index < -0.39 is 5.97 Å². The number of ether oxygens (including phenoxy) is 3. The second-order valence-electron chi connectivity index (χ2n) is 8.86. The van der Waals surface area contributed by atoms with E-state index in [9.17, 15) is 4.79 Å². The number of aromatic nitrogens is 2. The van der Waals surface area contributed by atoms with Crippen LogP contribution in [0.1, 0.15) is 67.1 Å². The molecule has 0 atom stereocenters. The highest BCUT2D eigenvalue weighted by Crippen LogP contribution is 2.36. The molecule has 2 aromatic heterocycles. The first-order valence-electron chi connectivity index (χ1n) is 11.4. The summed E-state index contributed by atoms with van der Waals surface area (Å²) in [5, 5.41) is 0. The Bertz CT molecular complexity index is 1040. The lowest BCUT2D eigenvalue weighted by Crippen LogP contribution is -2.18. The molecular weight excluding hydrogens is 404 g/mol. The highest BCUT2D eigenvalue weighted by Gasteiger charge is 2.25. The summed E-state index contributed by atoms with van der Waals surface area (Å²) >= 11 is 0. The topological polar surface area (TPSA) is 62.1 Å². The molecule has 0 spiro atoms. The quantitative estimate of drug-likeness (QED) is 0.443. The first-order valence-corrected chi connectivity index (χ1v) is 11.4. The molecule has 6 nitrogen and oxygen atoms in total. The molecule has 0 unspecified atom stereocenters. The van der Waals surface area contributed by atoms with Gasteiger partial charge in [0.2, 0.25) is 0 Å². The highest BCUT2D eigenvalue weighted by molar-refractivity contribution is 5.92. The number of carbonyl (C=O) groups excluding carboxylic acids is 1. The van der Waals surface area contributed by atoms with Crippen LogP contribution in [0.2, 0.25) is 0 Å². The molecule has 0 N–H and O–H groups in total. The van der Waals surface area contributed by atoms with E-state index in [1.165, 1.54) is 12.7 Å². The molecule has 32 heavy (non-hydrogen) atoms. The smallest absolute Gasteiger partial charge is 0.343 e. The van der Waals surface area contributed by atoms with E-state index in [-0.39, 0.29) is 6.10 Å². The molecule has 0 amide bonds. The Balaban J connectivity index is 1.39. The predicted octanol–water partition coefficient (Wildman–Crippen LogP) is 5.40. The molecule has 0 aliphatic heterocycles. The van der Waals surface area contributed by atoms with Crippen LogP contribution in [0.5, 0.6) is 5.75 Å². The summed E-state index contributed by atoms with van der Waals surface area (Å²) < 4.78 is 18.7. The van der Waals surface area contributed by atoms with Gasteiger partial charge < -0.3 is 18.6 Å². The number of nitrogens with zero attached hydrogens (tertiary/aromatic N) is 2. The normalized spacial score (nSPS) is 18.8. The number of imidazole rings is 1. The number of hydrogen-bond donors (Lipinski definition) is 0. The van der Waals surface area contributed by atoms with E-state index in [1.807, 2.05) is 48.7 Å². The highest BCUT2D eigenvalue weighted by atomic mass is 16.5. The average molecular weight is 437 g/mol. The number of rotatable bonds is 8. The molecule has 4 rings (SSSR count). The summed E-state index contributed by atoms with van der Waals surface area (Å²) in [6, 6.07) is 12.2. The van der Waals surface area contributed by atoms with Gasteiger partial charge in [-0.2, -0.15) is 0 Å². The van der Waals surface area contributed by atoms with E-state index in [2.05, 4.69) is 12.1 Å². The van der Waals surface area contributed by atoms with Gasteiger partial charge in [0.15, 0.2) is 0 Å². The fraction of sp³-hybridized carbons (Fsp3) is 0.462. The van der Waals surface area contributed by atoms with Crippen molar-refractivity contribution in [1.82, 2.24) is 9.38 Å². The molecular formula is C26H32N2O4. The van der Waals surface area contributed by atoms with Crippen LogP contribution in [0.4, 0.5) is 0 Å². The Hall–Kier alpha value is -2.86. The van der Waals surface area contributed by atoms with Gasteiger partial charge in [-0.25, -0.2) is 9.78 Å². The second kappa shape index (κ2) is 10.2. The zero-order valence-electron chi connectivity index (χ0n) is 19.1. The fourth-order valence-corrected chi connectivity index (χ4v) is 4.39. The third-order valence-corrected chi connectivity index (χ3v) is 6.07. The van der Waals surface area contributed by atoms with Crippen molar-refractivity contribution in [1.29, 1.82) is 0 Å². The summed E-state index contributed by atoms with van der Waals surface area (Å²) in [7, 11) is 1.38. The first kappa shape index (κ1) is 22.3. The van der Waals surface area contributed by atoms with Crippen molar-refractivity contribution < 1.29 is 19.0 Å². The summed E-state index contributed by atoms with van der Waals surface area (Å²) in [6.45, 7) is 5.36. The van der Waals surface area contributed by atoms with Crippen molar-refractivity contribution in [2.75, 3.05) is 13.7 Å². The van der Waals surface area contributed by atoms with Crippen molar-refractivity contribution in [2.24, 2.45) is 5.92 Å². The third kappa shape index (κ3) is 5.30.